The van der Waals surface area contributed by atoms with E-state index in [1.165, 1.54) is 0 Å². The van der Waals surface area contributed by atoms with Gasteiger partial charge in [0.15, 0.2) is 5.82 Å². The molecule has 15 aromatic rings. The van der Waals surface area contributed by atoms with Crippen LogP contribution in [0.2, 0.25) is 0 Å². The van der Waals surface area contributed by atoms with E-state index in [9.17, 15) is 31.6 Å². The van der Waals surface area contributed by atoms with E-state index in [0.717, 1.165) is 110 Å². The van der Waals surface area contributed by atoms with E-state index < -0.39 is 0 Å². The molecule has 0 unspecified atom stereocenters. The normalized spacial score (nSPS) is 11.3. The highest BCUT2D eigenvalue weighted by molar-refractivity contribution is 6.16. The summed E-state index contributed by atoms with van der Waals surface area (Å²) in [6.07, 6.45) is 0. The van der Waals surface area contributed by atoms with Gasteiger partial charge in [0, 0.05) is 59.9 Å². The first-order chi connectivity index (χ1) is 40.4. The number of benzene rings is 10. The van der Waals surface area contributed by atoms with Crippen molar-refractivity contribution >= 4 is 87.2 Å². The van der Waals surface area contributed by atoms with Crippen LogP contribution in [-0.4, -0.2) is 23.3 Å². The summed E-state index contributed by atoms with van der Waals surface area (Å²) in [5.41, 5.74) is 14.4. The van der Waals surface area contributed by atoms with Crippen LogP contribution >= 0.6 is 0 Å². The van der Waals surface area contributed by atoms with Gasteiger partial charge in [-0.15, -0.1) is 0 Å². The van der Waals surface area contributed by atoms with Crippen LogP contribution in [0.1, 0.15) is 33.4 Å². The molecule has 0 radical (unpaired) electrons. The minimum Gasteiger partial charge on any atom is -0.309 e. The number of nitriles is 6. The van der Waals surface area contributed by atoms with E-state index in [2.05, 4.69) is 140 Å². The van der Waals surface area contributed by atoms with Crippen LogP contribution in [0.3, 0.4) is 0 Å². The Hall–Kier alpha value is -12.5. The molecule has 0 bridgehead atoms. The monoisotopic (exact) mass is 1040 g/mol. The van der Waals surface area contributed by atoms with E-state index in [4.69, 9.17) is 4.98 Å². The van der Waals surface area contributed by atoms with Crippen molar-refractivity contribution in [1.82, 2.24) is 23.3 Å². The Bertz CT molecular complexity index is 5320. The third kappa shape index (κ3) is 6.80. The van der Waals surface area contributed by atoms with E-state index in [-0.39, 0.29) is 0 Å². The Labute approximate surface area is 467 Å². The second-order valence-corrected chi connectivity index (χ2v) is 20.2. The van der Waals surface area contributed by atoms with Crippen molar-refractivity contribution in [2.75, 3.05) is 0 Å². The van der Waals surface area contributed by atoms with Crippen molar-refractivity contribution in [3.63, 3.8) is 0 Å². The summed E-state index contributed by atoms with van der Waals surface area (Å²) >= 11 is 0. The molecule has 11 heteroatoms. The van der Waals surface area contributed by atoms with E-state index >= 15 is 0 Å². The maximum absolute atomic E-state index is 10.4. The van der Waals surface area contributed by atoms with E-state index in [1.54, 1.807) is 24.3 Å². The summed E-state index contributed by atoms with van der Waals surface area (Å²) in [5.74, 6) is 0.491. The molecule has 82 heavy (non-hydrogen) atoms. The maximum atomic E-state index is 10.4. The maximum Gasteiger partial charge on any atom is 0.163 e. The van der Waals surface area contributed by atoms with Crippen LogP contribution in [0.25, 0.3) is 132 Å². The fourth-order valence-electron chi connectivity index (χ4n) is 12.4. The van der Waals surface area contributed by atoms with Crippen molar-refractivity contribution in [2.24, 2.45) is 0 Å². The Morgan fingerprint density at radius 3 is 0.976 bits per heavy atom. The summed E-state index contributed by atoms with van der Waals surface area (Å²) in [4.78, 5) is 6.10. The van der Waals surface area contributed by atoms with Crippen LogP contribution in [0.15, 0.2) is 212 Å². The number of pyridine rings is 1. The Kier molecular flexibility index (Phi) is 10.3. The van der Waals surface area contributed by atoms with Gasteiger partial charge < -0.3 is 13.7 Å². The van der Waals surface area contributed by atoms with E-state index in [1.807, 2.05) is 103 Å². The number of fused-ring (bicyclic) bond motifs is 12. The van der Waals surface area contributed by atoms with Crippen LogP contribution in [0.5, 0.6) is 0 Å². The van der Waals surface area contributed by atoms with Crippen LogP contribution in [-0.2, 0) is 0 Å². The minimum absolute atomic E-state index is 0.443. The quantitative estimate of drug-likeness (QED) is 0.159. The van der Waals surface area contributed by atoms with Gasteiger partial charge in [-0.3, -0.25) is 4.57 Å². The minimum atomic E-state index is 0.443. The SMILES string of the molecule is N#Cc1ccc2c(c1)c1cc(C#N)ccc1n2-c1nc(-c2ccc(-n3c4ccccc4c4ccccc43)cc2)c(-n2c3ccc(C#N)cc3c3cc(C#N)ccc32)c(-c2ccccc2)c1-n1c2ccc(C#N)cc2c2cc(C#N)ccc21. The van der Waals surface area contributed by atoms with Crippen LogP contribution in [0.4, 0.5) is 0 Å². The molecule has 11 nitrogen and oxygen atoms in total. The lowest BCUT2D eigenvalue weighted by atomic mass is 9.96. The lowest BCUT2D eigenvalue weighted by molar-refractivity contribution is 1.01. The topological polar surface area (TPSA) is 175 Å². The van der Waals surface area contributed by atoms with Crippen molar-refractivity contribution in [2.45, 2.75) is 0 Å². The molecular weight excluding hydrogens is 1010 g/mol. The molecule has 10 aromatic carbocycles. The smallest absolute Gasteiger partial charge is 0.163 e. The number of hydrogen-bond donors (Lipinski definition) is 0. The van der Waals surface area contributed by atoms with Gasteiger partial charge in [0.1, 0.15) is 0 Å². The summed E-state index contributed by atoms with van der Waals surface area (Å²) in [5, 5.41) is 69.2. The molecule has 0 aliphatic rings. The van der Waals surface area contributed by atoms with Gasteiger partial charge in [-0.05, 0) is 139 Å². The highest BCUT2D eigenvalue weighted by Gasteiger charge is 2.32. The Morgan fingerprint density at radius 1 is 0.268 bits per heavy atom. The molecule has 0 saturated carbocycles. The number of nitrogens with zero attached hydrogens (tertiary/aromatic N) is 11. The second kappa shape index (κ2) is 18.0. The summed E-state index contributed by atoms with van der Waals surface area (Å²) < 4.78 is 8.77. The van der Waals surface area contributed by atoms with Gasteiger partial charge in [0.05, 0.1) is 131 Å². The molecule has 5 heterocycles. The molecule has 0 atom stereocenters. The zero-order valence-electron chi connectivity index (χ0n) is 43.1. The molecular formula is C71H35N11. The van der Waals surface area contributed by atoms with Gasteiger partial charge in [0.2, 0.25) is 0 Å². The molecule has 0 fully saturated rings. The molecule has 0 amide bonds. The molecule has 15 rings (SSSR count). The number of aromatic nitrogens is 5. The average Bonchev–Trinajstić information content (AvgIpc) is 1.92. The molecule has 0 spiro atoms. The Balaban J connectivity index is 1.19. The van der Waals surface area contributed by atoms with Crippen molar-refractivity contribution in [3.8, 4) is 81.7 Å². The lowest BCUT2D eigenvalue weighted by Crippen LogP contribution is -2.13. The molecule has 0 N–H and O–H groups in total. The molecule has 0 saturated heterocycles. The van der Waals surface area contributed by atoms with Gasteiger partial charge in [-0.2, -0.15) is 31.6 Å². The first-order valence-electron chi connectivity index (χ1n) is 26.3. The Morgan fingerprint density at radius 2 is 0.598 bits per heavy atom. The molecule has 5 aromatic heterocycles. The molecule has 374 valence electrons. The first kappa shape index (κ1) is 46.8. The second-order valence-electron chi connectivity index (χ2n) is 20.2. The van der Waals surface area contributed by atoms with Crippen LogP contribution in [0, 0.1) is 68.0 Å². The lowest BCUT2D eigenvalue weighted by Gasteiger charge is -2.26. The summed E-state index contributed by atoms with van der Waals surface area (Å²) in [6, 6.07) is 83.1. The number of hydrogen-bond acceptors (Lipinski definition) is 7. The third-order valence-corrected chi connectivity index (χ3v) is 15.9. The predicted molar refractivity (Wildman–Crippen MR) is 321 cm³/mol. The summed E-state index contributed by atoms with van der Waals surface area (Å²) in [6.45, 7) is 0. The average molecular weight is 1040 g/mol. The fourth-order valence-corrected chi connectivity index (χ4v) is 12.4. The van der Waals surface area contributed by atoms with Crippen molar-refractivity contribution in [3.05, 3.63) is 246 Å². The fraction of sp³-hybridized carbons (Fsp3) is 0. The van der Waals surface area contributed by atoms with Gasteiger partial charge in [0.25, 0.3) is 0 Å². The predicted octanol–water partition coefficient (Wildman–Crippen LogP) is 16.0. The van der Waals surface area contributed by atoms with Crippen molar-refractivity contribution in [1.29, 1.82) is 31.6 Å². The molecule has 0 aliphatic heterocycles. The van der Waals surface area contributed by atoms with Crippen LogP contribution < -0.4 is 0 Å². The van der Waals surface area contributed by atoms with Gasteiger partial charge in [-0.25, -0.2) is 4.98 Å². The first-order valence-corrected chi connectivity index (χ1v) is 26.3. The zero-order chi connectivity index (χ0) is 55.3. The van der Waals surface area contributed by atoms with Crippen molar-refractivity contribution < 1.29 is 0 Å². The zero-order valence-corrected chi connectivity index (χ0v) is 43.1. The standard InChI is InChI=1S/C71H35N11/c72-36-42-14-24-61-53(30-42)54-31-43(37-73)15-25-62(54)80(61)69-67(48-8-2-1-3-9-48)70(81-63-26-16-44(38-74)32-55(63)56-33-45(39-75)17-27-64(56)81)71(82-65-28-18-46(40-76)34-57(65)58-35-47(41-77)19-29-66(58)82)78-68(69)49-20-22-50(23-21-49)79-59-12-6-4-10-51(59)52-11-5-7-13-60(52)79/h1-35H. The largest absolute Gasteiger partial charge is 0.309 e. The third-order valence-electron chi connectivity index (χ3n) is 15.9. The van der Waals surface area contributed by atoms with E-state index in [0.29, 0.717) is 56.3 Å². The number of rotatable bonds is 6. The molecule has 0 aliphatic carbocycles. The highest BCUT2D eigenvalue weighted by atomic mass is 15.1. The summed E-state index contributed by atoms with van der Waals surface area (Å²) in [7, 11) is 0. The number of para-hydroxylation sites is 2. The highest BCUT2D eigenvalue weighted by Crippen LogP contribution is 2.49. The van der Waals surface area contributed by atoms with Gasteiger partial charge >= 0.3 is 0 Å². The van der Waals surface area contributed by atoms with Gasteiger partial charge in [-0.1, -0.05) is 78.9 Å².